The predicted octanol–water partition coefficient (Wildman–Crippen LogP) is 3.21. The van der Waals surface area contributed by atoms with Crippen molar-refractivity contribution >= 4 is 19.2 Å². The van der Waals surface area contributed by atoms with E-state index in [1.54, 1.807) is 20.8 Å². The lowest BCUT2D eigenvalue weighted by molar-refractivity contribution is 0.408. The van der Waals surface area contributed by atoms with Crippen LogP contribution >= 0.6 is 13.5 Å². The minimum absolute atomic E-state index is 0. The average Bonchev–Trinajstić information content (AvgIpc) is 2.21. The maximum atomic E-state index is 13.2. The van der Waals surface area contributed by atoms with E-state index >= 15 is 0 Å². The molecule has 1 heterocycles. The monoisotopic (exact) mass is 270 g/mol. The van der Waals surface area contributed by atoms with E-state index in [1.807, 2.05) is 0 Å². The van der Waals surface area contributed by atoms with Crippen molar-refractivity contribution < 1.29 is 17.6 Å². The van der Waals surface area contributed by atoms with E-state index in [-0.39, 0.29) is 25.5 Å². The molecule has 0 bridgehead atoms. The van der Waals surface area contributed by atoms with E-state index in [2.05, 4.69) is 10.3 Å². The van der Waals surface area contributed by atoms with Crippen molar-refractivity contribution in [2.24, 2.45) is 5.92 Å². The van der Waals surface area contributed by atoms with Gasteiger partial charge in [0.05, 0.1) is 0 Å². The molecule has 1 N–H and O–H groups in total. The zero-order chi connectivity index (χ0) is 12.5. The van der Waals surface area contributed by atoms with Crippen LogP contribution in [0.4, 0.5) is 23.2 Å². The second-order valence-electron chi connectivity index (χ2n) is 3.87. The molecule has 0 aliphatic rings. The fraction of sp³-hybridized carbons (Fsp3) is 0.500. The highest BCUT2D eigenvalue weighted by atomic mass is 32.1. The third kappa shape index (κ3) is 3.49. The van der Waals surface area contributed by atoms with Gasteiger partial charge in [0, 0.05) is 6.04 Å². The van der Waals surface area contributed by atoms with Gasteiger partial charge < -0.3 is 5.32 Å². The first-order chi connectivity index (χ1) is 7.34. The zero-order valence-corrected chi connectivity index (χ0v) is 10.6. The molecule has 0 saturated heterocycles. The third-order valence-electron chi connectivity index (χ3n) is 2.37. The van der Waals surface area contributed by atoms with Crippen molar-refractivity contribution in [1.29, 1.82) is 0 Å². The second kappa shape index (κ2) is 6.09. The molecule has 98 valence electrons. The lowest BCUT2D eigenvalue weighted by Crippen LogP contribution is -2.24. The molecule has 1 atom stereocenters. The number of pyridine rings is 1. The number of nitrogens with zero attached hydrogens (tertiary/aromatic N) is 1. The number of halogens is 4. The van der Waals surface area contributed by atoms with Crippen LogP contribution in [0.25, 0.3) is 0 Å². The average molecular weight is 270 g/mol. The molecule has 7 heteroatoms. The summed E-state index contributed by atoms with van der Waals surface area (Å²) in [5, 5.41) is 2.39. The summed E-state index contributed by atoms with van der Waals surface area (Å²) in [5.74, 6) is -6.27. The minimum atomic E-state index is -1.66. The Morgan fingerprint density at radius 1 is 0.941 bits per heavy atom. The molecule has 0 fully saturated rings. The SMILES string of the molecule is CC(C)[C@H](C)Nc1c(F)c(F)nc(F)c1F.S. The summed E-state index contributed by atoms with van der Waals surface area (Å²) < 4.78 is 51.8. The van der Waals surface area contributed by atoms with Gasteiger partial charge in [-0.3, -0.25) is 0 Å². The molecule has 17 heavy (non-hydrogen) atoms. The van der Waals surface area contributed by atoms with Crippen LogP contribution in [0, 0.1) is 29.4 Å². The summed E-state index contributed by atoms with van der Waals surface area (Å²) in [6.45, 7) is 5.27. The first-order valence-electron chi connectivity index (χ1n) is 4.81. The normalized spacial score (nSPS) is 12.2. The molecule has 0 amide bonds. The Morgan fingerprint density at radius 3 is 1.71 bits per heavy atom. The number of hydrogen-bond acceptors (Lipinski definition) is 2. The summed E-state index contributed by atoms with van der Waals surface area (Å²) in [5.41, 5.74) is -0.814. The molecule has 0 aromatic carbocycles. The summed E-state index contributed by atoms with van der Waals surface area (Å²) in [6, 6.07) is -0.329. The Balaban J connectivity index is 0.00000256. The Hall–Kier alpha value is -0.980. The van der Waals surface area contributed by atoms with E-state index in [0.29, 0.717) is 0 Å². The highest BCUT2D eigenvalue weighted by molar-refractivity contribution is 7.59. The molecule has 1 aromatic rings. The van der Waals surface area contributed by atoms with E-state index in [9.17, 15) is 17.6 Å². The van der Waals surface area contributed by atoms with Crippen molar-refractivity contribution in [3.63, 3.8) is 0 Å². The van der Waals surface area contributed by atoms with Crippen LogP contribution in [0.1, 0.15) is 20.8 Å². The zero-order valence-electron chi connectivity index (χ0n) is 9.61. The fourth-order valence-electron chi connectivity index (χ4n) is 1.01. The van der Waals surface area contributed by atoms with Crippen LogP contribution in [0.5, 0.6) is 0 Å². The van der Waals surface area contributed by atoms with Gasteiger partial charge in [-0.05, 0) is 12.8 Å². The van der Waals surface area contributed by atoms with Gasteiger partial charge in [-0.1, -0.05) is 13.8 Å². The molecular weight excluding hydrogens is 256 g/mol. The summed E-state index contributed by atoms with van der Waals surface area (Å²) in [6.07, 6.45) is 0. The third-order valence-corrected chi connectivity index (χ3v) is 2.37. The van der Waals surface area contributed by atoms with Crippen LogP contribution in [-0.2, 0) is 0 Å². The van der Waals surface area contributed by atoms with Crippen LogP contribution in [0.15, 0.2) is 0 Å². The Labute approximate surface area is 104 Å². The highest BCUT2D eigenvalue weighted by Crippen LogP contribution is 2.23. The molecule has 2 nitrogen and oxygen atoms in total. The molecule has 0 aliphatic carbocycles. The van der Waals surface area contributed by atoms with Crippen LogP contribution in [0.2, 0.25) is 0 Å². The van der Waals surface area contributed by atoms with Gasteiger partial charge in [0.1, 0.15) is 5.69 Å². The molecule has 0 saturated carbocycles. The Kier molecular flexibility index (Phi) is 5.74. The first-order valence-corrected chi connectivity index (χ1v) is 4.81. The molecule has 1 rings (SSSR count). The minimum Gasteiger partial charge on any atom is -0.377 e. The lowest BCUT2D eigenvalue weighted by atomic mass is 10.1. The van der Waals surface area contributed by atoms with E-state index in [4.69, 9.17) is 0 Å². The van der Waals surface area contributed by atoms with Crippen molar-refractivity contribution in [3.05, 3.63) is 23.5 Å². The number of nitrogens with one attached hydrogen (secondary N) is 1. The van der Waals surface area contributed by atoms with Crippen molar-refractivity contribution in [2.75, 3.05) is 5.32 Å². The van der Waals surface area contributed by atoms with E-state index < -0.39 is 29.2 Å². The van der Waals surface area contributed by atoms with Gasteiger partial charge in [-0.25, -0.2) is 0 Å². The number of anilines is 1. The van der Waals surface area contributed by atoms with Gasteiger partial charge in [0.2, 0.25) is 11.6 Å². The topological polar surface area (TPSA) is 24.9 Å². The van der Waals surface area contributed by atoms with Crippen LogP contribution in [-0.4, -0.2) is 11.0 Å². The van der Waals surface area contributed by atoms with Gasteiger partial charge in [-0.2, -0.15) is 36.0 Å². The standard InChI is InChI=1S/C10H12F4N2.H2S/c1-4(2)5(3)15-8-6(11)9(13)16-10(14)7(8)12;/h4-5H,1-3H3,(H,15,16);1H2/t5-;/m0./s1. The van der Waals surface area contributed by atoms with Crippen molar-refractivity contribution in [2.45, 2.75) is 26.8 Å². The van der Waals surface area contributed by atoms with Gasteiger partial charge >= 0.3 is 0 Å². The highest BCUT2D eigenvalue weighted by Gasteiger charge is 2.22. The number of aromatic nitrogens is 1. The Morgan fingerprint density at radius 2 is 1.35 bits per heavy atom. The lowest BCUT2D eigenvalue weighted by Gasteiger charge is -2.19. The van der Waals surface area contributed by atoms with Gasteiger partial charge in [0.25, 0.3) is 11.9 Å². The summed E-state index contributed by atoms with van der Waals surface area (Å²) in [7, 11) is 0. The molecule has 1 aromatic heterocycles. The number of rotatable bonds is 3. The Bertz CT molecular complexity index is 372. The molecule has 0 radical (unpaired) electrons. The predicted molar refractivity (Wildman–Crippen MR) is 62.4 cm³/mol. The van der Waals surface area contributed by atoms with E-state index in [0.717, 1.165) is 0 Å². The van der Waals surface area contributed by atoms with E-state index in [1.165, 1.54) is 0 Å². The smallest absolute Gasteiger partial charge is 0.253 e. The van der Waals surface area contributed by atoms with Gasteiger partial charge in [-0.15, -0.1) is 0 Å². The fourth-order valence-corrected chi connectivity index (χ4v) is 1.01. The maximum absolute atomic E-state index is 13.2. The molecule has 0 unspecified atom stereocenters. The largest absolute Gasteiger partial charge is 0.377 e. The first kappa shape index (κ1) is 16.0. The number of hydrogen-bond donors (Lipinski definition) is 1. The molecule has 0 spiro atoms. The van der Waals surface area contributed by atoms with Gasteiger partial charge in [0.15, 0.2) is 0 Å². The van der Waals surface area contributed by atoms with Crippen LogP contribution < -0.4 is 5.32 Å². The maximum Gasteiger partial charge on any atom is 0.253 e. The summed E-state index contributed by atoms with van der Waals surface area (Å²) >= 11 is 0. The van der Waals surface area contributed by atoms with Crippen LogP contribution in [0.3, 0.4) is 0 Å². The quantitative estimate of drug-likeness (QED) is 0.674. The van der Waals surface area contributed by atoms with Crippen molar-refractivity contribution in [3.8, 4) is 0 Å². The summed E-state index contributed by atoms with van der Waals surface area (Å²) in [4.78, 5) is 2.46. The van der Waals surface area contributed by atoms with Crippen molar-refractivity contribution in [1.82, 2.24) is 4.98 Å². The molecule has 0 aliphatic heterocycles. The molecular formula is C10H14F4N2S. The second-order valence-corrected chi connectivity index (χ2v) is 3.87.